The fraction of sp³-hybridized carbons (Fsp3) is 0.524. The summed E-state index contributed by atoms with van der Waals surface area (Å²) in [6.45, 7) is 12.0. The van der Waals surface area contributed by atoms with E-state index in [4.69, 9.17) is 13.6 Å². The van der Waals surface area contributed by atoms with E-state index in [-0.39, 0.29) is 16.9 Å². The Bertz CT molecular complexity index is 881. The van der Waals surface area contributed by atoms with Crippen LogP contribution >= 0.6 is 0 Å². The molecule has 1 saturated heterocycles. The predicted molar refractivity (Wildman–Crippen MR) is 110 cm³/mol. The number of carbonyl (C=O) groups is 2. The second-order valence-electron chi connectivity index (χ2n) is 8.78. The molecule has 0 radical (unpaired) electrons. The first-order valence-corrected chi connectivity index (χ1v) is 12.6. The van der Waals surface area contributed by atoms with E-state index < -0.39 is 14.2 Å². The molecule has 1 aromatic carbocycles. The van der Waals surface area contributed by atoms with E-state index in [0.717, 1.165) is 10.9 Å². The van der Waals surface area contributed by atoms with E-state index in [1.54, 1.807) is 6.26 Å². The number of ether oxygens (including phenoxy) is 1. The standard InChI is InChI=1S/C21H29NO5Si/c1-21(2,3)28(4,5)27-12-11-25-16-7-6-8-17-19(16)15(13-26-17)14-9-10-18(23)22-20(14)24/h6-8,13-14H,9-12H2,1-5H3,(H,22,23,24). The molecule has 0 saturated carbocycles. The van der Waals surface area contributed by atoms with Gasteiger partial charge in [-0.1, -0.05) is 26.8 Å². The third-order valence-electron chi connectivity index (χ3n) is 5.81. The molecule has 0 bridgehead atoms. The Morgan fingerprint density at radius 1 is 1.21 bits per heavy atom. The SMILES string of the molecule is CC(C)(C)[Si](C)(C)OCCOc1cccc2occ(C3CCC(=O)NC3=O)c12. The minimum Gasteiger partial charge on any atom is -0.490 e. The van der Waals surface area contributed by atoms with Crippen LogP contribution < -0.4 is 10.1 Å². The fourth-order valence-electron chi connectivity index (χ4n) is 3.11. The first kappa shape index (κ1) is 20.6. The summed E-state index contributed by atoms with van der Waals surface area (Å²) in [5.74, 6) is -0.250. The molecule has 152 valence electrons. The van der Waals surface area contributed by atoms with Gasteiger partial charge >= 0.3 is 0 Å². The van der Waals surface area contributed by atoms with Crippen LogP contribution in [0.3, 0.4) is 0 Å². The second kappa shape index (κ2) is 7.71. The van der Waals surface area contributed by atoms with Crippen molar-refractivity contribution in [1.29, 1.82) is 0 Å². The molecule has 1 atom stereocenters. The van der Waals surface area contributed by atoms with Crippen molar-refractivity contribution >= 4 is 31.1 Å². The Labute approximate surface area is 166 Å². The van der Waals surface area contributed by atoms with Crippen LogP contribution in [0, 0.1) is 0 Å². The Balaban J connectivity index is 1.75. The van der Waals surface area contributed by atoms with Crippen molar-refractivity contribution in [2.75, 3.05) is 13.2 Å². The molecule has 1 aliphatic rings. The van der Waals surface area contributed by atoms with Crippen molar-refractivity contribution in [3.63, 3.8) is 0 Å². The third kappa shape index (κ3) is 4.15. The quantitative estimate of drug-likeness (QED) is 0.441. The lowest BCUT2D eigenvalue weighted by Gasteiger charge is -2.36. The summed E-state index contributed by atoms with van der Waals surface area (Å²) in [4.78, 5) is 23.7. The van der Waals surface area contributed by atoms with E-state index in [1.165, 1.54) is 0 Å². The van der Waals surface area contributed by atoms with Crippen LogP contribution in [0.1, 0.15) is 45.1 Å². The van der Waals surface area contributed by atoms with Gasteiger partial charge in [0.25, 0.3) is 0 Å². The maximum Gasteiger partial charge on any atom is 0.234 e. The van der Waals surface area contributed by atoms with E-state index in [9.17, 15) is 9.59 Å². The summed E-state index contributed by atoms with van der Waals surface area (Å²) in [5.41, 5.74) is 1.43. The van der Waals surface area contributed by atoms with Gasteiger partial charge in [-0.2, -0.15) is 0 Å². The van der Waals surface area contributed by atoms with Crippen LogP contribution in [0.4, 0.5) is 0 Å². The zero-order valence-electron chi connectivity index (χ0n) is 17.3. The minimum atomic E-state index is -1.82. The molecule has 2 amide bonds. The lowest BCUT2D eigenvalue weighted by Crippen LogP contribution is -2.41. The number of hydrogen-bond donors (Lipinski definition) is 1. The lowest BCUT2D eigenvalue weighted by atomic mass is 9.90. The molecule has 2 heterocycles. The van der Waals surface area contributed by atoms with Crippen molar-refractivity contribution < 1.29 is 23.2 Å². The van der Waals surface area contributed by atoms with Gasteiger partial charge in [-0.15, -0.1) is 0 Å². The first-order valence-electron chi connectivity index (χ1n) is 9.71. The zero-order chi connectivity index (χ0) is 20.5. The van der Waals surface area contributed by atoms with Gasteiger partial charge < -0.3 is 13.6 Å². The number of piperidine rings is 1. The van der Waals surface area contributed by atoms with Crippen molar-refractivity contribution in [2.45, 2.75) is 57.7 Å². The number of amides is 2. The number of fused-ring (bicyclic) bond motifs is 1. The highest BCUT2D eigenvalue weighted by Gasteiger charge is 2.37. The van der Waals surface area contributed by atoms with Gasteiger partial charge in [-0.05, 0) is 36.7 Å². The maximum absolute atomic E-state index is 12.3. The van der Waals surface area contributed by atoms with Gasteiger partial charge in [-0.25, -0.2) is 0 Å². The van der Waals surface area contributed by atoms with Gasteiger partial charge in [0.1, 0.15) is 17.9 Å². The van der Waals surface area contributed by atoms with Crippen molar-refractivity contribution in [3.8, 4) is 5.75 Å². The third-order valence-corrected chi connectivity index (χ3v) is 10.4. The number of rotatable bonds is 6. The van der Waals surface area contributed by atoms with Crippen LogP contribution in [-0.2, 0) is 14.0 Å². The summed E-state index contributed by atoms with van der Waals surface area (Å²) >= 11 is 0. The van der Waals surface area contributed by atoms with E-state index in [2.05, 4.69) is 39.2 Å². The Morgan fingerprint density at radius 3 is 2.64 bits per heavy atom. The largest absolute Gasteiger partial charge is 0.490 e. The maximum atomic E-state index is 12.3. The number of furan rings is 1. The Morgan fingerprint density at radius 2 is 1.96 bits per heavy atom. The van der Waals surface area contributed by atoms with Crippen LogP contribution in [0.5, 0.6) is 5.75 Å². The second-order valence-corrected chi connectivity index (χ2v) is 13.6. The van der Waals surface area contributed by atoms with Gasteiger partial charge in [0.15, 0.2) is 8.32 Å². The normalized spacial score (nSPS) is 18.4. The Hall–Kier alpha value is -2.12. The number of carbonyl (C=O) groups excluding carboxylic acids is 2. The molecule has 0 aliphatic carbocycles. The van der Waals surface area contributed by atoms with E-state index >= 15 is 0 Å². The molecule has 28 heavy (non-hydrogen) atoms. The molecular weight excluding hydrogens is 374 g/mol. The smallest absolute Gasteiger partial charge is 0.234 e. The lowest BCUT2D eigenvalue weighted by molar-refractivity contribution is -0.134. The number of benzene rings is 1. The molecule has 1 aromatic heterocycles. The van der Waals surface area contributed by atoms with Crippen LogP contribution in [0.25, 0.3) is 11.0 Å². The van der Waals surface area contributed by atoms with E-state index in [0.29, 0.717) is 37.4 Å². The molecule has 6 nitrogen and oxygen atoms in total. The van der Waals surface area contributed by atoms with Crippen LogP contribution in [-0.4, -0.2) is 33.3 Å². The summed E-state index contributed by atoms with van der Waals surface area (Å²) < 4.78 is 17.8. The van der Waals surface area contributed by atoms with Crippen LogP contribution in [0.15, 0.2) is 28.9 Å². The molecule has 1 fully saturated rings. The fourth-order valence-corrected chi connectivity index (χ4v) is 4.14. The van der Waals surface area contributed by atoms with Crippen molar-refractivity contribution in [1.82, 2.24) is 5.32 Å². The topological polar surface area (TPSA) is 77.8 Å². The summed E-state index contributed by atoms with van der Waals surface area (Å²) in [6, 6.07) is 5.59. The molecule has 0 spiro atoms. The van der Waals surface area contributed by atoms with Gasteiger partial charge in [0.05, 0.1) is 24.2 Å². The molecule has 1 aliphatic heterocycles. The average Bonchev–Trinajstić information content (AvgIpc) is 3.02. The molecule has 3 rings (SSSR count). The molecule has 2 aromatic rings. The summed E-state index contributed by atoms with van der Waals surface area (Å²) in [7, 11) is -1.82. The van der Waals surface area contributed by atoms with Gasteiger partial charge in [0, 0.05) is 12.0 Å². The predicted octanol–water partition coefficient (Wildman–Crippen LogP) is 4.35. The number of imide groups is 1. The highest BCUT2D eigenvalue weighted by molar-refractivity contribution is 6.74. The van der Waals surface area contributed by atoms with Crippen LogP contribution in [0.2, 0.25) is 18.1 Å². The Kier molecular flexibility index (Phi) is 5.68. The average molecular weight is 404 g/mol. The van der Waals surface area contributed by atoms with Crippen molar-refractivity contribution in [2.24, 2.45) is 0 Å². The molecular formula is C21H29NO5Si. The van der Waals surface area contributed by atoms with Gasteiger partial charge in [0.2, 0.25) is 11.8 Å². The number of nitrogens with one attached hydrogen (secondary N) is 1. The number of hydrogen-bond acceptors (Lipinski definition) is 5. The highest BCUT2D eigenvalue weighted by atomic mass is 28.4. The molecule has 7 heteroatoms. The minimum absolute atomic E-state index is 0.149. The zero-order valence-corrected chi connectivity index (χ0v) is 18.3. The monoisotopic (exact) mass is 403 g/mol. The molecule has 1 N–H and O–H groups in total. The molecule has 1 unspecified atom stereocenters. The van der Waals surface area contributed by atoms with Crippen molar-refractivity contribution in [3.05, 3.63) is 30.0 Å². The summed E-state index contributed by atoms with van der Waals surface area (Å²) in [6.07, 6.45) is 2.40. The van der Waals surface area contributed by atoms with Gasteiger partial charge in [-0.3, -0.25) is 14.9 Å². The summed E-state index contributed by atoms with van der Waals surface area (Å²) in [5, 5.41) is 3.35. The highest BCUT2D eigenvalue weighted by Crippen LogP contribution is 2.38. The van der Waals surface area contributed by atoms with E-state index in [1.807, 2.05) is 18.2 Å². The first-order chi connectivity index (χ1) is 13.1.